The number of ether oxygens (including phenoxy) is 4. The Bertz CT molecular complexity index is 1210. The molecule has 2 heterocycles. The lowest BCUT2D eigenvalue weighted by Crippen LogP contribution is -2.57. The van der Waals surface area contributed by atoms with Gasteiger partial charge in [0.1, 0.15) is 29.3 Å². The molecule has 6 N–H and O–H groups in total. The highest BCUT2D eigenvalue weighted by atomic mass is 16.6. The summed E-state index contributed by atoms with van der Waals surface area (Å²) in [6.07, 6.45) is -4.96. The number of amides is 1. The molecule has 0 unspecified atom stereocenters. The molecular formula is C31H45NO11. The van der Waals surface area contributed by atoms with Crippen molar-refractivity contribution < 1.29 is 54.1 Å². The highest BCUT2D eigenvalue weighted by Gasteiger charge is 2.60. The Morgan fingerprint density at radius 2 is 1.86 bits per heavy atom. The van der Waals surface area contributed by atoms with E-state index in [0.29, 0.717) is 24.0 Å². The number of methoxy groups -OCH3 is 2. The summed E-state index contributed by atoms with van der Waals surface area (Å²) in [6, 6.07) is 1.11. The van der Waals surface area contributed by atoms with Crippen molar-refractivity contribution in [2.24, 2.45) is 11.3 Å². The molecule has 1 aliphatic carbocycles. The Hall–Kier alpha value is -2.74. The number of phenolic OH excluding ortho intramolecular Hbond substituents is 2. The van der Waals surface area contributed by atoms with Gasteiger partial charge in [0.05, 0.1) is 24.4 Å². The number of fused-ring (bicyclic) bond motifs is 1. The maximum atomic E-state index is 12.9. The average Bonchev–Trinajstić information content (AvgIpc) is 3.76. The van der Waals surface area contributed by atoms with E-state index in [0.717, 1.165) is 11.6 Å². The Balaban J connectivity index is 1.45. The number of carbonyl (C=O) groups is 2. The molecule has 1 saturated heterocycles. The Kier molecular flexibility index (Phi) is 10.1. The second-order valence-electron chi connectivity index (χ2n) is 12.4. The minimum Gasteiger partial charge on any atom is -0.508 e. The summed E-state index contributed by atoms with van der Waals surface area (Å²) in [5, 5.41) is 56.1. The third-order valence-electron chi connectivity index (χ3n) is 9.46. The van der Waals surface area contributed by atoms with Crippen LogP contribution in [0.3, 0.4) is 0 Å². The molecule has 12 heteroatoms. The fourth-order valence-corrected chi connectivity index (χ4v) is 6.43. The highest BCUT2D eigenvalue weighted by Crippen LogP contribution is 2.58. The van der Waals surface area contributed by atoms with E-state index >= 15 is 0 Å². The molecule has 0 aromatic heterocycles. The topological polar surface area (TPSA) is 184 Å². The van der Waals surface area contributed by atoms with Gasteiger partial charge in [0.2, 0.25) is 0 Å². The fourth-order valence-electron chi connectivity index (χ4n) is 6.43. The van der Waals surface area contributed by atoms with Gasteiger partial charge in [0, 0.05) is 50.9 Å². The standard InChI is InChI=1S/C31H45NO11/c1-14(2)9-22(40-5)27(37)28(38)32-29(41-6)23-13-24(36)31(7-8-31)25(42-23)12-19(34)16(4)21-10-17-15(3)18(33)11-20(35)26(17)30(39)43-21/h11,16,19,21-25,27,29,33-37H,1,7-10,12-13H2,2-6H3,(H,32,38)/t16-,19+,21-,22+,23+,24-,25-,27+,29+/m1/s1. The summed E-state index contributed by atoms with van der Waals surface area (Å²) in [6.45, 7) is 8.97. The molecule has 1 saturated carbocycles. The molecule has 0 bridgehead atoms. The van der Waals surface area contributed by atoms with Crippen molar-refractivity contribution >= 4 is 11.9 Å². The van der Waals surface area contributed by atoms with Crippen LogP contribution in [0.5, 0.6) is 11.5 Å². The maximum absolute atomic E-state index is 12.9. The van der Waals surface area contributed by atoms with Gasteiger partial charge in [-0.2, -0.15) is 0 Å². The molecule has 1 spiro atoms. The summed E-state index contributed by atoms with van der Waals surface area (Å²) in [5.74, 6) is -2.49. The highest BCUT2D eigenvalue weighted by molar-refractivity contribution is 5.96. The van der Waals surface area contributed by atoms with Gasteiger partial charge >= 0.3 is 5.97 Å². The lowest BCUT2D eigenvalue weighted by atomic mass is 9.79. The minimum absolute atomic E-state index is 0.0148. The van der Waals surface area contributed by atoms with Crippen LogP contribution in [0.15, 0.2) is 18.2 Å². The lowest BCUT2D eigenvalue weighted by Gasteiger charge is -2.44. The number of cyclic esters (lactones) is 1. The van der Waals surface area contributed by atoms with E-state index in [9.17, 15) is 35.1 Å². The van der Waals surface area contributed by atoms with Gasteiger partial charge in [0.25, 0.3) is 5.91 Å². The number of esters is 1. The third kappa shape index (κ3) is 6.69. The van der Waals surface area contributed by atoms with Crippen LogP contribution in [0.1, 0.15) is 67.4 Å². The van der Waals surface area contributed by atoms with Crippen LogP contribution in [0, 0.1) is 18.3 Å². The zero-order chi connectivity index (χ0) is 31.8. The van der Waals surface area contributed by atoms with Crippen LogP contribution < -0.4 is 5.32 Å². The van der Waals surface area contributed by atoms with Crippen molar-refractivity contribution in [1.82, 2.24) is 5.32 Å². The van der Waals surface area contributed by atoms with Crippen LogP contribution in [0.2, 0.25) is 0 Å². The van der Waals surface area contributed by atoms with Crippen LogP contribution >= 0.6 is 0 Å². The molecule has 1 aromatic rings. The number of carbonyl (C=O) groups excluding carboxylic acids is 2. The van der Waals surface area contributed by atoms with E-state index in [2.05, 4.69) is 11.9 Å². The number of aliphatic hydroxyl groups excluding tert-OH is 3. The normalized spacial score (nSPS) is 27.8. The molecule has 1 aromatic carbocycles. The van der Waals surface area contributed by atoms with Crippen LogP contribution in [-0.2, 0) is 30.2 Å². The van der Waals surface area contributed by atoms with E-state index in [4.69, 9.17) is 18.9 Å². The van der Waals surface area contributed by atoms with E-state index in [1.54, 1.807) is 20.8 Å². The van der Waals surface area contributed by atoms with Gasteiger partial charge in [-0.1, -0.05) is 12.5 Å². The molecule has 12 nitrogen and oxygen atoms in total. The van der Waals surface area contributed by atoms with E-state index in [-0.39, 0.29) is 42.7 Å². The van der Waals surface area contributed by atoms with E-state index < -0.39 is 72.2 Å². The van der Waals surface area contributed by atoms with Crippen LogP contribution in [0.25, 0.3) is 0 Å². The summed E-state index contributed by atoms with van der Waals surface area (Å²) >= 11 is 0. The van der Waals surface area contributed by atoms with Crippen molar-refractivity contribution in [1.29, 1.82) is 0 Å². The number of aliphatic hydroxyl groups is 3. The third-order valence-corrected chi connectivity index (χ3v) is 9.46. The molecule has 3 aliphatic rings. The quantitative estimate of drug-likeness (QED) is 0.115. The fraction of sp³-hybridized carbons (Fsp3) is 0.677. The van der Waals surface area contributed by atoms with Crippen molar-refractivity contribution in [3.05, 3.63) is 34.9 Å². The number of phenols is 2. The van der Waals surface area contributed by atoms with Gasteiger partial charge in [-0.15, -0.1) is 6.58 Å². The number of rotatable bonds is 12. The van der Waals surface area contributed by atoms with Crippen molar-refractivity contribution in [2.75, 3.05) is 14.2 Å². The Morgan fingerprint density at radius 3 is 2.44 bits per heavy atom. The molecule has 43 heavy (non-hydrogen) atoms. The molecule has 0 radical (unpaired) electrons. The molecular weight excluding hydrogens is 562 g/mol. The number of aromatic hydroxyl groups is 2. The molecule has 4 rings (SSSR count). The summed E-state index contributed by atoms with van der Waals surface area (Å²) in [5.41, 5.74) is 1.14. The smallest absolute Gasteiger partial charge is 0.342 e. The average molecular weight is 608 g/mol. The first kappa shape index (κ1) is 33.2. The Morgan fingerprint density at radius 1 is 1.19 bits per heavy atom. The van der Waals surface area contributed by atoms with E-state index in [1.807, 2.05) is 0 Å². The first-order chi connectivity index (χ1) is 20.2. The number of hydrogen-bond acceptors (Lipinski definition) is 11. The molecule has 1 amide bonds. The largest absolute Gasteiger partial charge is 0.508 e. The zero-order valence-electron chi connectivity index (χ0n) is 25.4. The van der Waals surface area contributed by atoms with Gasteiger partial charge < -0.3 is 49.8 Å². The predicted octanol–water partition coefficient (Wildman–Crippen LogP) is 1.60. The van der Waals surface area contributed by atoms with Crippen LogP contribution in [0.4, 0.5) is 0 Å². The first-order valence-corrected chi connectivity index (χ1v) is 14.7. The van der Waals surface area contributed by atoms with Crippen molar-refractivity contribution in [3.8, 4) is 11.5 Å². The van der Waals surface area contributed by atoms with Crippen molar-refractivity contribution in [3.63, 3.8) is 0 Å². The van der Waals surface area contributed by atoms with Crippen molar-refractivity contribution in [2.45, 2.75) is 108 Å². The number of nitrogens with one attached hydrogen (secondary N) is 1. The SMILES string of the molecule is C=C(C)C[C@H](OC)[C@H](O)C(=O)N[C@@H](OC)[C@@H]1C[C@@H](O)C2(CC2)[C@@H](C[C@H](O)[C@@H](C)[C@H]2Cc3c(C)c(O)cc(O)c3C(=O)O2)O1. The minimum atomic E-state index is -1.49. The van der Waals surface area contributed by atoms with Gasteiger partial charge in [-0.05, 0) is 44.2 Å². The van der Waals surface area contributed by atoms with Crippen LogP contribution in [-0.4, -0.2) is 101 Å². The maximum Gasteiger partial charge on any atom is 0.342 e. The monoisotopic (exact) mass is 607 g/mol. The molecule has 2 aliphatic heterocycles. The van der Waals surface area contributed by atoms with Gasteiger partial charge in [0.15, 0.2) is 12.3 Å². The summed E-state index contributed by atoms with van der Waals surface area (Å²) in [7, 11) is 2.78. The number of hydrogen-bond donors (Lipinski definition) is 6. The zero-order valence-corrected chi connectivity index (χ0v) is 25.4. The molecule has 9 atom stereocenters. The number of benzene rings is 1. The molecule has 2 fully saturated rings. The summed E-state index contributed by atoms with van der Waals surface area (Å²) < 4.78 is 22.8. The predicted molar refractivity (Wildman–Crippen MR) is 153 cm³/mol. The van der Waals surface area contributed by atoms with E-state index in [1.165, 1.54) is 14.2 Å². The molecule has 240 valence electrons. The Labute approximate surface area is 251 Å². The second kappa shape index (κ2) is 13.1. The van der Waals surface area contributed by atoms with Gasteiger partial charge in [-0.3, -0.25) is 4.79 Å². The first-order valence-electron chi connectivity index (χ1n) is 14.7. The summed E-state index contributed by atoms with van der Waals surface area (Å²) in [4.78, 5) is 25.7. The second-order valence-corrected chi connectivity index (χ2v) is 12.4. The lowest BCUT2D eigenvalue weighted by molar-refractivity contribution is -0.200. The van der Waals surface area contributed by atoms with Gasteiger partial charge in [-0.25, -0.2) is 4.79 Å².